The van der Waals surface area contributed by atoms with Crippen LogP contribution in [0.2, 0.25) is 0 Å². The summed E-state index contributed by atoms with van der Waals surface area (Å²) in [5.41, 5.74) is 0. The van der Waals surface area contributed by atoms with Crippen LogP contribution in [0.5, 0.6) is 0 Å². The molecule has 82 heavy (non-hydrogen) atoms. The summed E-state index contributed by atoms with van der Waals surface area (Å²) < 4.78 is 86.2. The second kappa shape index (κ2) is 29.3. The minimum Gasteiger partial charge on any atom is -0.394 e. The van der Waals surface area contributed by atoms with E-state index >= 15 is 0 Å². The topological polar surface area (TPSA) is 560 Å². The minimum atomic E-state index is -2.20. The van der Waals surface area contributed by atoms with Gasteiger partial charge in [0.05, 0.1) is 52.8 Å². The van der Waals surface area contributed by atoms with E-state index in [9.17, 15) is 102 Å². The molecular weight excluding hydrogens is 1130 g/mol. The molecule has 36 nitrogen and oxygen atoms in total. The van der Waals surface area contributed by atoms with Gasteiger partial charge in [0.1, 0.15) is 177 Å². The normalized spacial score (nSPS) is 52.7. The summed E-state index contributed by atoms with van der Waals surface area (Å²) in [5.74, 6) is 0. The molecule has 478 valence electrons. The molecule has 0 amide bonds. The molecule has 0 unspecified atom stereocenters. The third-order valence-corrected chi connectivity index (χ3v) is 15.8. The molecular formula is C46H80NO35+. The van der Waals surface area contributed by atoms with Crippen LogP contribution in [0.25, 0.3) is 0 Å². The van der Waals surface area contributed by atoms with E-state index in [-0.39, 0.29) is 6.54 Å². The van der Waals surface area contributed by atoms with Crippen molar-refractivity contribution in [2.75, 3.05) is 66.4 Å². The molecule has 0 aromatic heterocycles. The zero-order chi connectivity index (χ0) is 59.6. The SMILES string of the molecule is COCCC[NH2+]C[C@H]1O[C@@H]2O[C@H]3[C@H](O)[C@@H](O)[C@@H](O[C@H]4[C@H](O)[C@@H](O)[C@@H](O[C@H]5[C@H](O)[C@@H](O)[C@@H](O[C@H]6[C@H](O)[C@@H](O)[C@@H](O[C@H]7[C@H](O)[C@@H](O)[C@@H](O[C@H]8[C@H](O)[C@@H](O)[C@@H](O[C@H]1[C@H](O)[C@H]2O)O[C@@H]8CO)O[C@@H]7CO)O[C@@H]6CO)O[C@@H]5CO)O[C@@H]4CO)O[C@@H]3CO. The largest absolute Gasteiger partial charge is 0.394 e. The van der Waals surface area contributed by atoms with Gasteiger partial charge < -0.3 is 179 Å². The lowest BCUT2D eigenvalue weighted by Crippen LogP contribution is -2.88. The Labute approximate surface area is 465 Å². The van der Waals surface area contributed by atoms with Crippen LogP contribution >= 0.6 is 0 Å². The molecule has 0 aromatic carbocycles. The highest BCUT2D eigenvalue weighted by molar-refractivity contribution is 5.01. The Bertz CT molecular complexity index is 1910. The first kappa shape index (κ1) is 66.5. The average Bonchev–Trinajstić information content (AvgIpc) is 2.82. The first-order valence-electron chi connectivity index (χ1n) is 26.8. The zero-order valence-corrected chi connectivity index (χ0v) is 43.9. The van der Waals surface area contributed by atoms with E-state index in [1.807, 2.05) is 0 Å². The van der Waals surface area contributed by atoms with E-state index in [1.54, 1.807) is 5.32 Å². The van der Waals surface area contributed by atoms with Crippen molar-refractivity contribution in [3.63, 3.8) is 0 Å². The summed E-state index contributed by atoms with van der Waals surface area (Å²) >= 11 is 0. The van der Waals surface area contributed by atoms with Crippen LogP contribution in [0.3, 0.4) is 0 Å². The molecule has 22 N–H and O–H groups in total. The van der Waals surface area contributed by atoms with Crippen LogP contribution in [-0.4, -0.2) is 384 Å². The molecule has 14 bridgehead atoms. The van der Waals surface area contributed by atoms with Crippen molar-refractivity contribution in [2.45, 2.75) is 221 Å². The Balaban J connectivity index is 1.09. The number of aliphatic hydroxyl groups excluding tert-OH is 20. The van der Waals surface area contributed by atoms with E-state index < -0.39 is 255 Å². The van der Waals surface area contributed by atoms with Gasteiger partial charge in [-0.25, -0.2) is 0 Å². The van der Waals surface area contributed by atoms with Crippen molar-refractivity contribution >= 4 is 0 Å². The number of rotatable bonds is 12. The first-order chi connectivity index (χ1) is 39.2. The molecule has 21 aliphatic heterocycles. The third kappa shape index (κ3) is 13.7. The monoisotopic (exact) mass is 1210 g/mol. The predicted octanol–water partition coefficient (Wildman–Crippen LogP) is -15.6. The highest BCUT2D eigenvalue weighted by Crippen LogP contribution is 2.39. The highest BCUT2D eigenvalue weighted by atomic mass is 16.8. The van der Waals surface area contributed by atoms with Crippen molar-refractivity contribution < 1.29 is 179 Å². The molecule has 0 radical (unpaired) electrons. The van der Waals surface area contributed by atoms with E-state index in [2.05, 4.69) is 0 Å². The number of hydrogen-bond acceptors (Lipinski definition) is 35. The Morgan fingerprint density at radius 3 is 0.634 bits per heavy atom. The predicted molar refractivity (Wildman–Crippen MR) is 250 cm³/mol. The van der Waals surface area contributed by atoms with Crippen LogP contribution < -0.4 is 5.32 Å². The van der Waals surface area contributed by atoms with Gasteiger partial charge in [0.25, 0.3) is 0 Å². The minimum absolute atomic E-state index is 0.113. The van der Waals surface area contributed by atoms with Crippen molar-refractivity contribution in [1.82, 2.24) is 0 Å². The number of methoxy groups -OCH3 is 1. The third-order valence-electron chi connectivity index (χ3n) is 15.8. The molecule has 0 aromatic rings. The molecule has 21 rings (SSSR count). The number of nitrogens with two attached hydrogens (primary N) is 1. The molecule has 21 fully saturated rings. The number of hydrogen-bond donors (Lipinski definition) is 21. The second-order valence-corrected chi connectivity index (χ2v) is 21.1. The lowest BCUT2D eigenvalue weighted by atomic mass is 9.95. The van der Waals surface area contributed by atoms with Crippen molar-refractivity contribution in [3.8, 4) is 0 Å². The van der Waals surface area contributed by atoms with E-state index in [0.29, 0.717) is 19.6 Å². The van der Waals surface area contributed by atoms with Crippen LogP contribution in [-0.2, 0) is 71.1 Å². The fourth-order valence-corrected chi connectivity index (χ4v) is 11.1. The van der Waals surface area contributed by atoms with Gasteiger partial charge in [-0.15, -0.1) is 0 Å². The van der Waals surface area contributed by atoms with Gasteiger partial charge in [0.15, 0.2) is 44.0 Å². The summed E-state index contributed by atoms with van der Waals surface area (Å²) in [6.07, 6.45) is -68.3. The van der Waals surface area contributed by atoms with Crippen LogP contribution in [0, 0.1) is 0 Å². The Hall–Kier alpha value is -1.44. The number of ether oxygens (including phenoxy) is 15. The summed E-state index contributed by atoms with van der Waals surface area (Å²) in [7, 11) is 1.48. The molecule has 21 aliphatic rings. The maximum absolute atomic E-state index is 11.7. The van der Waals surface area contributed by atoms with Gasteiger partial charge >= 0.3 is 0 Å². The quantitative estimate of drug-likeness (QED) is 0.0807. The van der Waals surface area contributed by atoms with Crippen molar-refractivity contribution in [1.29, 1.82) is 0 Å². The number of aliphatic hydroxyl groups is 20. The van der Waals surface area contributed by atoms with Crippen molar-refractivity contribution in [2.24, 2.45) is 0 Å². The van der Waals surface area contributed by atoms with Crippen LogP contribution in [0.15, 0.2) is 0 Å². The average molecular weight is 1210 g/mol. The zero-order valence-electron chi connectivity index (χ0n) is 43.9. The molecule has 21 saturated heterocycles. The van der Waals surface area contributed by atoms with Gasteiger partial charge in [-0.2, -0.15) is 0 Å². The van der Waals surface area contributed by atoms with Crippen molar-refractivity contribution in [3.05, 3.63) is 0 Å². The summed E-state index contributed by atoms with van der Waals surface area (Å²) in [4.78, 5) is 0. The molecule has 36 heteroatoms. The van der Waals surface area contributed by atoms with Crippen LogP contribution in [0.4, 0.5) is 0 Å². The fraction of sp³-hybridized carbons (Fsp3) is 1.00. The maximum atomic E-state index is 11.7. The Morgan fingerprint density at radius 2 is 0.451 bits per heavy atom. The van der Waals surface area contributed by atoms with E-state index in [1.165, 1.54) is 7.11 Å². The van der Waals surface area contributed by atoms with Gasteiger partial charge in [0.2, 0.25) is 0 Å². The second-order valence-electron chi connectivity index (χ2n) is 21.1. The Kier molecular flexibility index (Phi) is 23.7. The van der Waals surface area contributed by atoms with Crippen LogP contribution in [0.1, 0.15) is 6.42 Å². The van der Waals surface area contributed by atoms with Gasteiger partial charge in [-0.3, -0.25) is 0 Å². The summed E-state index contributed by atoms with van der Waals surface area (Å²) in [6, 6.07) is 0. The number of quaternary nitrogens is 1. The molecule has 35 atom stereocenters. The Morgan fingerprint density at radius 1 is 0.268 bits per heavy atom. The lowest BCUT2D eigenvalue weighted by Gasteiger charge is -2.50. The maximum Gasteiger partial charge on any atom is 0.187 e. The van der Waals surface area contributed by atoms with E-state index in [4.69, 9.17) is 71.1 Å². The van der Waals surface area contributed by atoms with Gasteiger partial charge in [-0.1, -0.05) is 0 Å². The molecule has 0 spiro atoms. The highest BCUT2D eigenvalue weighted by Gasteiger charge is 2.59. The summed E-state index contributed by atoms with van der Waals surface area (Å²) in [5, 5.41) is 224. The van der Waals surface area contributed by atoms with E-state index in [0.717, 1.165) is 0 Å². The standard InChI is InChI=1S/C46H79NO35/c1-68-4-2-3-47-5-12-33-19(54)26(61)40(69-12)77-34-13(6-48)71-42(28(63)21(34)56)79-36-15(8-50)73-44(30(65)23(36)58)81-38-17(10-52)75-46(32(67)25(38)60)82-39-18(11-53)74-45(31(66)24(39)59)80-37-16(9-51)72-43(29(64)22(37)57)78-35-14(7-49)70-41(76-33)27(62)20(35)55/h12-67H,2-11H2,1H3/p+1/t12-,13-,14-,15-,16-,17-,18-,19-,20-,21-,22-,23-,24-,25-,26-,27-,28-,29-,30-,31-,32-,33-,34-,35-,36-,37-,38-,39-,40-,41-,42-,43-,44-,45-,46-/m1/s1. The smallest absolute Gasteiger partial charge is 0.187 e. The fourth-order valence-electron chi connectivity index (χ4n) is 11.1. The van der Waals surface area contributed by atoms with Gasteiger partial charge in [-0.05, 0) is 0 Å². The molecule has 0 aliphatic carbocycles. The summed E-state index contributed by atoms with van der Waals surface area (Å²) in [6.45, 7) is -5.56. The molecule has 0 saturated carbocycles. The molecule has 21 heterocycles. The van der Waals surface area contributed by atoms with Gasteiger partial charge in [0, 0.05) is 13.5 Å². The lowest BCUT2D eigenvalue weighted by molar-refractivity contribution is -0.665. The first-order valence-corrected chi connectivity index (χ1v) is 26.8.